The SMILES string of the molecule is CCc1cccc(CNCCCNC(=O)c2ccc3ccncc3c2)c1. The molecule has 4 nitrogen and oxygen atoms in total. The Hall–Kier alpha value is -2.72. The third-order valence-corrected chi connectivity index (χ3v) is 4.45. The normalized spacial score (nSPS) is 10.8. The number of hydrogen-bond acceptors (Lipinski definition) is 3. The van der Waals surface area contributed by atoms with Crippen LogP contribution in [0.25, 0.3) is 10.8 Å². The van der Waals surface area contributed by atoms with E-state index >= 15 is 0 Å². The van der Waals surface area contributed by atoms with Crippen molar-refractivity contribution in [3.63, 3.8) is 0 Å². The predicted molar refractivity (Wildman–Crippen MR) is 106 cm³/mol. The fourth-order valence-electron chi connectivity index (χ4n) is 2.94. The van der Waals surface area contributed by atoms with E-state index in [2.05, 4.69) is 46.8 Å². The van der Waals surface area contributed by atoms with Crippen LogP contribution in [0, 0.1) is 0 Å². The monoisotopic (exact) mass is 347 g/mol. The molecule has 3 rings (SSSR count). The summed E-state index contributed by atoms with van der Waals surface area (Å²) in [6.45, 7) is 4.56. The van der Waals surface area contributed by atoms with Gasteiger partial charge in [0.1, 0.15) is 0 Å². The Kier molecular flexibility index (Phi) is 6.34. The third kappa shape index (κ3) is 4.90. The Morgan fingerprint density at radius 1 is 1.00 bits per heavy atom. The van der Waals surface area contributed by atoms with Crippen molar-refractivity contribution in [3.05, 3.63) is 77.6 Å². The lowest BCUT2D eigenvalue weighted by Gasteiger charge is -2.08. The molecule has 0 aliphatic carbocycles. The topological polar surface area (TPSA) is 54.0 Å². The molecule has 0 bridgehead atoms. The molecular formula is C22H25N3O. The van der Waals surface area contributed by atoms with Crippen LogP contribution in [0.15, 0.2) is 60.9 Å². The van der Waals surface area contributed by atoms with Crippen molar-refractivity contribution in [2.45, 2.75) is 26.3 Å². The minimum absolute atomic E-state index is 0.0357. The summed E-state index contributed by atoms with van der Waals surface area (Å²) in [6, 6.07) is 16.3. The van der Waals surface area contributed by atoms with Crippen LogP contribution < -0.4 is 10.6 Å². The Bertz CT molecular complexity index is 876. The Labute approximate surface area is 154 Å². The lowest BCUT2D eigenvalue weighted by atomic mass is 10.1. The highest BCUT2D eigenvalue weighted by Crippen LogP contribution is 2.14. The van der Waals surface area contributed by atoms with Gasteiger partial charge in [-0.1, -0.05) is 37.3 Å². The number of aryl methyl sites for hydroxylation is 1. The molecule has 0 spiro atoms. The largest absolute Gasteiger partial charge is 0.352 e. The van der Waals surface area contributed by atoms with Crippen molar-refractivity contribution in [1.82, 2.24) is 15.6 Å². The van der Waals surface area contributed by atoms with E-state index in [1.54, 1.807) is 12.4 Å². The zero-order valence-electron chi connectivity index (χ0n) is 15.2. The second kappa shape index (κ2) is 9.11. The van der Waals surface area contributed by atoms with E-state index in [1.807, 2.05) is 24.3 Å². The van der Waals surface area contributed by atoms with Crippen molar-refractivity contribution in [2.24, 2.45) is 0 Å². The Morgan fingerprint density at radius 2 is 1.88 bits per heavy atom. The van der Waals surface area contributed by atoms with Crippen molar-refractivity contribution in [1.29, 1.82) is 0 Å². The summed E-state index contributed by atoms with van der Waals surface area (Å²) >= 11 is 0. The molecule has 26 heavy (non-hydrogen) atoms. The van der Waals surface area contributed by atoms with Crippen molar-refractivity contribution in [3.8, 4) is 0 Å². The molecule has 1 amide bonds. The Balaban J connectivity index is 1.39. The van der Waals surface area contributed by atoms with Crippen LogP contribution in [0.4, 0.5) is 0 Å². The van der Waals surface area contributed by atoms with E-state index in [9.17, 15) is 4.79 Å². The molecule has 1 aromatic heterocycles. The number of nitrogens with zero attached hydrogens (tertiary/aromatic N) is 1. The molecule has 0 fully saturated rings. The number of nitrogens with one attached hydrogen (secondary N) is 2. The quantitative estimate of drug-likeness (QED) is 0.611. The maximum atomic E-state index is 12.3. The van der Waals surface area contributed by atoms with E-state index in [0.29, 0.717) is 12.1 Å². The van der Waals surface area contributed by atoms with E-state index in [4.69, 9.17) is 0 Å². The van der Waals surface area contributed by atoms with Gasteiger partial charge in [0.15, 0.2) is 0 Å². The number of fused-ring (bicyclic) bond motifs is 1. The maximum absolute atomic E-state index is 12.3. The smallest absolute Gasteiger partial charge is 0.251 e. The lowest BCUT2D eigenvalue weighted by molar-refractivity contribution is 0.0953. The second-order valence-electron chi connectivity index (χ2n) is 6.40. The molecule has 3 aromatic rings. The minimum atomic E-state index is -0.0357. The van der Waals surface area contributed by atoms with Gasteiger partial charge < -0.3 is 10.6 Å². The average Bonchev–Trinajstić information content (AvgIpc) is 2.70. The van der Waals surface area contributed by atoms with E-state index in [0.717, 1.165) is 36.7 Å². The molecule has 0 atom stereocenters. The first kappa shape index (κ1) is 18.1. The first-order valence-electron chi connectivity index (χ1n) is 9.17. The minimum Gasteiger partial charge on any atom is -0.352 e. The summed E-state index contributed by atoms with van der Waals surface area (Å²) in [7, 11) is 0. The van der Waals surface area contributed by atoms with Gasteiger partial charge in [0, 0.05) is 36.4 Å². The van der Waals surface area contributed by atoms with Gasteiger partial charge in [-0.25, -0.2) is 0 Å². The summed E-state index contributed by atoms with van der Waals surface area (Å²) in [6.07, 6.45) is 5.50. The van der Waals surface area contributed by atoms with Gasteiger partial charge in [-0.2, -0.15) is 0 Å². The molecule has 0 saturated heterocycles. The first-order valence-corrected chi connectivity index (χ1v) is 9.17. The van der Waals surface area contributed by atoms with Gasteiger partial charge in [-0.15, -0.1) is 0 Å². The van der Waals surface area contributed by atoms with Gasteiger partial charge in [-0.3, -0.25) is 9.78 Å². The zero-order chi connectivity index (χ0) is 18.2. The van der Waals surface area contributed by atoms with Crippen LogP contribution >= 0.6 is 0 Å². The number of carbonyl (C=O) groups is 1. The summed E-state index contributed by atoms with van der Waals surface area (Å²) < 4.78 is 0. The van der Waals surface area contributed by atoms with Crippen LogP contribution in [0.2, 0.25) is 0 Å². The van der Waals surface area contributed by atoms with Gasteiger partial charge >= 0.3 is 0 Å². The summed E-state index contributed by atoms with van der Waals surface area (Å²) in [5.74, 6) is -0.0357. The summed E-state index contributed by atoms with van der Waals surface area (Å²) in [5, 5.41) is 8.49. The number of benzene rings is 2. The molecule has 0 aliphatic rings. The summed E-state index contributed by atoms with van der Waals surface area (Å²) in [5.41, 5.74) is 3.34. The van der Waals surface area contributed by atoms with Crippen molar-refractivity contribution in [2.75, 3.05) is 13.1 Å². The molecule has 0 radical (unpaired) electrons. The number of carbonyl (C=O) groups excluding carboxylic acids is 1. The van der Waals surface area contributed by atoms with Crippen molar-refractivity contribution < 1.29 is 4.79 Å². The maximum Gasteiger partial charge on any atom is 0.251 e. The standard InChI is InChI=1S/C22H25N3O/c1-2-17-5-3-6-18(13-17)15-23-10-4-11-25-22(26)20-8-7-19-9-12-24-16-21(19)14-20/h3,5-9,12-14,16,23H,2,4,10-11,15H2,1H3,(H,25,26). The highest BCUT2D eigenvalue weighted by atomic mass is 16.1. The fourth-order valence-corrected chi connectivity index (χ4v) is 2.94. The second-order valence-corrected chi connectivity index (χ2v) is 6.40. The highest BCUT2D eigenvalue weighted by molar-refractivity contribution is 5.98. The number of rotatable bonds is 8. The van der Waals surface area contributed by atoms with Gasteiger partial charge in [0.05, 0.1) is 0 Å². The zero-order valence-corrected chi connectivity index (χ0v) is 15.2. The Morgan fingerprint density at radius 3 is 2.77 bits per heavy atom. The van der Waals surface area contributed by atoms with Crippen molar-refractivity contribution >= 4 is 16.7 Å². The van der Waals surface area contributed by atoms with Gasteiger partial charge in [0.25, 0.3) is 5.91 Å². The molecule has 134 valence electrons. The van der Waals surface area contributed by atoms with Crippen LogP contribution in [0.3, 0.4) is 0 Å². The van der Waals surface area contributed by atoms with Gasteiger partial charge in [0.2, 0.25) is 0 Å². The number of pyridine rings is 1. The summed E-state index contributed by atoms with van der Waals surface area (Å²) in [4.78, 5) is 16.4. The van der Waals surface area contributed by atoms with E-state index in [1.165, 1.54) is 11.1 Å². The molecule has 2 N–H and O–H groups in total. The molecule has 0 aliphatic heterocycles. The fraction of sp³-hybridized carbons (Fsp3) is 0.273. The molecule has 0 saturated carbocycles. The molecule has 2 aromatic carbocycles. The van der Waals surface area contributed by atoms with Crippen LogP contribution in [0.1, 0.15) is 34.8 Å². The van der Waals surface area contributed by atoms with Crippen LogP contribution in [-0.2, 0) is 13.0 Å². The predicted octanol–water partition coefficient (Wildman–Crippen LogP) is 3.71. The number of aromatic nitrogens is 1. The molecule has 4 heteroatoms. The number of hydrogen-bond donors (Lipinski definition) is 2. The van der Waals surface area contributed by atoms with E-state index in [-0.39, 0.29) is 5.91 Å². The van der Waals surface area contributed by atoms with Crippen LogP contribution in [0.5, 0.6) is 0 Å². The third-order valence-electron chi connectivity index (χ3n) is 4.45. The van der Waals surface area contributed by atoms with Crippen LogP contribution in [-0.4, -0.2) is 24.0 Å². The number of amides is 1. The van der Waals surface area contributed by atoms with Gasteiger partial charge in [-0.05, 0) is 54.1 Å². The van der Waals surface area contributed by atoms with E-state index < -0.39 is 0 Å². The molecule has 1 heterocycles. The first-order chi connectivity index (χ1) is 12.8. The highest BCUT2D eigenvalue weighted by Gasteiger charge is 2.05. The molecule has 0 unspecified atom stereocenters. The average molecular weight is 347 g/mol. The lowest BCUT2D eigenvalue weighted by Crippen LogP contribution is -2.27. The molecular weight excluding hydrogens is 322 g/mol.